The van der Waals surface area contributed by atoms with Crippen LogP contribution in [-0.2, 0) is 4.79 Å². The standard InChI is InChI=1S/C20H22F3N3O2/c21-20(22,23)15-26-12-10-25(11-13-26)14-19(27)24-17-8-4-5-9-18(17)28-16-6-2-1-3-7-16/h1-9H,10-15H2,(H,24,27). The fourth-order valence-electron chi connectivity index (χ4n) is 3.03. The molecule has 1 fully saturated rings. The zero-order valence-electron chi connectivity index (χ0n) is 15.3. The highest BCUT2D eigenvalue weighted by Gasteiger charge is 2.32. The number of hydrogen-bond donors (Lipinski definition) is 1. The molecular weight excluding hydrogens is 371 g/mol. The van der Waals surface area contributed by atoms with E-state index in [0.717, 1.165) is 0 Å². The maximum Gasteiger partial charge on any atom is 0.401 e. The maximum absolute atomic E-state index is 12.5. The van der Waals surface area contributed by atoms with E-state index in [0.29, 0.717) is 43.4 Å². The average molecular weight is 393 g/mol. The summed E-state index contributed by atoms with van der Waals surface area (Å²) in [6.07, 6.45) is -4.19. The lowest BCUT2D eigenvalue weighted by atomic mass is 10.2. The Labute approximate surface area is 161 Å². The van der Waals surface area contributed by atoms with Crippen molar-refractivity contribution in [3.05, 3.63) is 54.6 Å². The van der Waals surface area contributed by atoms with Crippen molar-refractivity contribution in [1.82, 2.24) is 9.80 Å². The van der Waals surface area contributed by atoms with Gasteiger partial charge in [0.2, 0.25) is 5.91 Å². The van der Waals surface area contributed by atoms with Crippen LogP contribution in [0.3, 0.4) is 0 Å². The molecule has 1 heterocycles. The second kappa shape index (κ2) is 9.07. The number of hydrogen-bond acceptors (Lipinski definition) is 4. The monoisotopic (exact) mass is 393 g/mol. The van der Waals surface area contributed by atoms with E-state index >= 15 is 0 Å². The van der Waals surface area contributed by atoms with Crippen molar-refractivity contribution < 1.29 is 22.7 Å². The predicted molar refractivity (Wildman–Crippen MR) is 101 cm³/mol. The Balaban J connectivity index is 1.52. The first-order valence-electron chi connectivity index (χ1n) is 9.02. The number of anilines is 1. The Hall–Kier alpha value is -2.58. The summed E-state index contributed by atoms with van der Waals surface area (Å²) >= 11 is 0. The van der Waals surface area contributed by atoms with Crippen LogP contribution in [-0.4, -0.2) is 61.2 Å². The Morgan fingerprint density at radius 1 is 0.929 bits per heavy atom. The molecule has 0 radical (unpaired) electrons. The van der Waals surface area contributed by atoms with Gasteiger partial charge in [-0.3, -0.25) is 14.6 Å². The van der Waals surface area contributed by atoms with Gasteiger partial charge in [0.25, 0.3) is 0 Å². The quantitative estimate of drug-likeness (QED) is 0.815. The highest BCUT2D eigenvalue weighted by atomic mass is 19.4. The first-order valence-corrected chi connectivity index (χ1v) is 9.02. The number of ether oxygens (including phenoxy) is 1. The van der Waals surface area contributed by atoms with Crippen LogP contribution < -0.4 is 10.1 Å². The van der Waals surface area contributed by atoms with E-state index in [2.05, 4.69) is 5.32 Å². The van der Waals surface area contributed by atoms with E-state index < -0.39 is 12.7 Å². The van der Waals surface area contributed by atoms with Crippen molar-refractivity contribution in [2.24, 2.45) is 0 Å². The number of amides is 1. The molecule has 1 amide bonds. The van der Waals surface area contributed by atoms with Gasteiger partial charge in [0, 0.05) is 26.2 Å². The van der Waals surface area contributed by atoms with Crippen LogP contribution in [0, 0.1) is 0 Å². The van der Waals surface area contributed by atoms with E-state index in [1.165, 1.54) is 4.90 Å². The van der Waals surface area contributed by atoms with Gasteiger partial charge in [-0.2, -0.15) is 13.2 Å². The van der Waals surface area contributed by atoms with Gasteiger partial charge < -0.3 is 10.1 Å². The molecule has 0 spiro atoms. The predicted octanol–water partition coefficient (Wildman–Crippen LogP) is 3.60. The number of alkyl halides is 3. The third-order valence-corrected chi connectivity index (χ3v) is 4.37. The lowest BCUT2D eigenvalue weighted by Crippen LogP contribution is -2.50. The van der Waals surface area contributed by atoms with Gasteiger partial charge in [-0.25, -0.2) is 0 Å². The number of rotatable bonds is 6. The molecule has 0 bridgehead atoms. The lowest BCUT2D eigenvalue weighted by Gasteiger charge is -2.34. The minimum absolute atomic E-state index is 0.125. The molecule has 3 rings (SSSR count). The van der Waals surface area contributed by atoms with Crippen molar-refractivity contribution in [2.45, 2.75) is 6.18 Å². The molecular formula is C20H22F3N3O2. The van der Waals surface area contributed by atoms with Gasteiger partial charge in [0.15, 0.2) is 5.75 Å². The minimum Gasteiger partial charge on any atom is -0.455 e. The van der Waals surface area contributed by atoms with E-state index in [1.54, 1.807) is 18.2 Å². The zero-order chi connectivity index (χ0) is 20.0. The minimum atomic E-state index is -4.19. The van der Waals surface area contributed by atoms with Gasteiger partial charge in [-0.05, 0) is 24.3 Å². The number of nitrogens with one attached hydrogen (secondary N) is 1. The number of piperazine rings is 1. The van der Waals surface area contributed by atoms with E-state index in [-0.39, 0.29) is 12.5 Å². The molecule has 2 aromatic carbocycles. The van der Waals surface area contributed by atoms with Gasteiger partial charge in [0.05, 0.1) is 18.8 Å². The van der Waals surface area contributed by atoms with E-state index in [4.69, 9.17) is 4.74 Å². The average Bonchev–Trinajstić information content (AvgIpc) is 2.65. The van der Waals surface area contributed by atoms with E-state index in [9.17, 15) is 18.0 Å². The molecule has 0 saturated carbocycles. The summed E-state index contributed by atoms with van der Waals surface area (Å²) in [5.41, 5.74) is 0.548. The summed E-state index contributed by atoms with van der Waals surface area (Å²) in [6, 6.07) is 16.4. The summed E-state index contributed by atoms with van der Waals surface area (Å²) in [7, 11) is 0. The number of nitrogens with zero attached hydrogens (tertiary/aromatic N) is 2. The van der Waals surface area contributed by atoms with Crippen LogP contribution in [0.5, 0.6) is 11.5 Å². The summed E-state index contributed by atoms with van der Waals surface area (Å²) in [5.74, 6) is 0.954. The van der Waals surface area contributed by atoms with Crippen molar-refractivity contribution >= 4 is 11.6 Å². The Morgan fingerprint density at radius 2 is 1.54 bits per heavy atom. The molecule has 2 aromatic rings. The highest BCUT2D eigenvalue weighted by Crippen LogP contribution is 2.29. The third kappa shape index (κ3) is 6.24. The summed E-state index contributed by atoms with van der Waals surface area (Å²) in [6.45, 7) is 0.648. The third-order valence-electron chi connectivity index (χ3n) is 4.37. The SMILES string of the molecule is O=C(CN1CCN(CC(F)(F)F)CC1)Nc1ccccc1Oc1ccccc1. The van der Waals surface area contributed by atoms with Gasteiger partial charge in [-0.1, -0.05) is 30.3 Å². The molecule has 0 aliphatic carbocycles. The molecule has 1 saturated heterocycles. The van der Waals surface area contributed by atoms with Gasteiger partial charge in [0.1, 0.15) is 5.75 Å². The van der Waals surface area contributed by atoms with Gasteiger partial charge >= 0.3 is 6.18 Å². The van der Waals surface area contributed by atoms with Crippen LogP contribution >= 0.6 is 0 Å². The number of para-hydroxylation sites is 3. The Bertz CT molecular complexity index is 776. The van der Waals surface area contributed by atoms with Crippen LogP contribution in [0.4, 0.5) is 18.9 Å². The fourth-order valence-corrected chi connectivity index (χ4v) is 3.03. The second-order valence-electron chi connectivity index (χ2n) is 6.63. The molecule has 28 heavy (non-hydrogen) atoms. The van der Waals surface area contributed by atoms with Crippen LogP contribution in [0.15, 0.2) is 54.6 Å². The second-order valence-corrected chi connectivity index (χ2v) is 6.63. The van der Waals surface area contributed by atoms with Crippen molar-refractivity contribution in [1.29, 1.82) is 0 Å². The maximum atomic E-state index is 12.5. The summed E-state index contributed by atoms with van der Waals surface area (Å²) in [4.78, 5) is 15.6. The Kier molecular flexibility index (Phi) is 6.53. The van der Waals surface area contributed by atoms with Crippen molar-refractivity contribution in [3.8, 4) is 11.5 Å². The zero-order valence-corrected chi connectivity index (χ0v) is 15.3. The highest BCUT2D eigenvalue weighted by molar-refractivity contribution is 5.93. The molecule has 1 aliphatic heterocycles. The molecule has 0 aromatic heterocycles. The fraction of sp³-hybridized carbons (Fsp3) is 0.350. The lowest BCUT2D eigenvalue weighted by molar-refractivity contribution is -0.149. The summed E-state index contributed by atoms with van der Waals surface area (Å²) in [5, 5.41) is 2.83. The van der Waals surface area contributed by atoms with Crippen LogP contribution in [0.25, 0.3) is 0 Å². The first-order chi connectivity index (χ1) is 13.4. The smallest absolute Gasteiger partial charge is 0.401 e. The number of benzene rings is 2. The van der Waals surface area contributed by atoms with Crippen LogP contribution in [0.2, 0.25) is 0 Å². The Morgan fingerprint density at radius 3 is 2.21 bits per heavy atom. The van der Waals surface area contributed by atoms with E-state index in [1.807, 2.05) is 41.3 Å². The molecule has 0 atom stereocenters. The number of halogens is 3. The molecule has 0 unspecified atom stereocenters. The number of carbonyl (C=O) groups excluding carboxylic acids is 1. The molecule has 8 heteroatoms. The summed E-state index contributed by atoms with van der Waals surface area (Å²) < 4.78 is 43.2. The van der Waals surface area contributed by atoms with Crippen molar-refractivity contribution in [3.63, 3.8) is 0 Å². The topological polar surface area (TPSA) is 44.8 Å². The van der Waals surface area contributed by atoms with Crippen LogP contribution in [0.1, 0.15) is 0 Å². The molecule has 5 nitrogen and oxygen atoms in total. The van der Waals surface area contributed by atoms with Crippen molar-refractivity contribution in [2.75, 3.05) is 44.6 Å². The van der Waals surface area contributed by atoms with Gasteiger partial charge in [-0.15, -0.1) is 0 Å². The normalized spacial score (nSPS) is 16.0. The number of carbonyl (C=O) groups is 1. The molecule has 150 valence electrons. The first kappa shape index (κ1) is 20.2. The molecule has 1 aliphatic rings. The molecule has 1 N–H and O–H groups in total. The largest absolute Gasteiger partial charge is 0.455 e.